The van der Waals surface area contributed by atoms with Crippen LogP contribution in [0.3, 0.4) is 0 Å². The Bertz CT molecular complexity index is 431. The average molecular weight is 298 g/mol. The quantitative estimate of drug-likeness (QED) is 0.912. The second-order valence-corrected chi connectivity index (χ2v) is 3.72. The summed E-state index contributed by atoms with van der Waals surface area (Å²) in [4.78, 5) is 11.0. The number of hydrogen-bond acceptors (Lipinski definition) is 2. The molecule has 7 heteroatoms. The van der Waals surface area contributed by atoms with Gasteiger partial charge in [-0.25, -0.2) is 0 Å². The molecule has 0 aliphatic carbocycles. The van der Waals surface area contributed by atoms with Crippen LogP contribution in [0.25, 0.3) is 0 Å². The molecule has 16 heavy (non-hydrogen) atoms. The zero-order chi connectivity index (χ0) is 12.5. The van der Waals surface area contributed by atoms with E-state index in [1.165, 1.54) is 6.07 Å². The highest BCUT2D eigenvalue weighted by molar-refractivity contribution is 9.10. The van der Waals surface area contributed by atoms with Crippen LogP contribution in [0.1, 0.15) is 15.9 Å². The lowest BCUT2D eigenvalue weighted by Crippen LogP contribution is -2.20. The fourth-order valence-corrected chi connectivity index (χ4v) is 1.78. The average Bonchev–Trinajstić information content (AvgIpc) is 2.15. The van der Waals surface area contributed by atoms with Crippen molar-refractivity contribution in [2.45, 2.75) is 6.18 Å². The highest BCUT2D eigenvalue weighted by atomic mass is 79.9. The number of hydrogen-bond donors (Lipinski definition) is 1. The Kier molecular flexibility index (Phi) is 3.47. The molecule has 0 saturated heterocycles. The first-order valence-corrected chi connectivity index (χ1v) is 4.81. The molecular weight excluding hydrogens is 291 g/mol. The van der Waals surface area contributed by atoms with Gasteiger partial charge in [-0.05, 0) is 28.1 Å². The van der Waals surface area contributed by atoms with E-state index < -0.39 is 29.0 Å². The van der Waals surface area contributed by atoms with Gasteiger partial charge >= 0.3 is 6.18 Å². The monoisotopic (exact) mass is 297 g/mol. The van der Waals surface area contributed by atoms with Crippen molar-refractivity contribution >= 4 is 21.8 Å². The first-order valence-electron chi connectivity index (χ1n) is 4.02. The van der Waals surface area contributed by atoms with Crippen LogP contribution in [-0.2, 0) is 6.18 Å². The first-order chi connectivity index (χ1) is 7.29. The summed E-state index contributed by atoms with van der Waals surface area (Å²) in [6.45, 7) is 0. The molecule has 0 atom stereocenters. The van der Waals surface area contributed by atoms with Crippen LogP contribution in [0.5, 0.6) is 5.75 Å². The third-order valence-electron chi connectivity index (χ3n) is 1.87. The van der Waals surface area contributed by atoms with Gasteiger partial charge in [0, 0.05) is 4.47 Å². The number of primary amides is 1. The molecule has 0 unspecified atom stereocenters. The van der Waals surface area contributed by atoms with Crippen molar-refractivity contribution in [1.82, 2.24) is 0 Å². The molecule has 0 aliphatic heterocycles. The molecule has 0 saturated carbocycles. The van der Waals surface area contributed by atoms with Crippen molar-refractivity contribution in [3.63, 3.8) is 0 Å². The first kappa shape index (κ1) is 12.8. The zero-order valence-electron chi connectivity index (χ0n) is 8.06. The van der Waals surface area contributed by atoms with Gasteiger partial charge < -0.3 is 10.5 Å². The third-order valence-corrected chi connectivity index (χ3v) is 2.53. The van der Waals surface area contributed by atoms with Crippen LogP contribution >= 0.6 is 15.9 Å². The fraction of sp³-hybridized carbons (Fsp3) is 0.222. The van der Waals surface area contributed by atoms with Crippen molar-refractivity contribution in [3.8, 4) is 5.75 Å². The molecule has 1 aromatic rings. The largest absolute Gasteiger partial charge is 0.496 e. The molecule has 1 rings (SSSR count). The Balaban J connectivity index is 3.62. The van der Waals surface area contributed by atoms with E-state index in [0.717, 1.165) is 13.2 Å². The van der Waals surface area contributed by atoms with Crippen LogP contribution in [0, 0.1) is 0 Å². The highest BCUT2D eigenvalue weighted by Crippen LogP contribution is 2.41. The van der Waals surface area contributed by atoms with Gasteiger partial charge in [0.05, 0.1) is 12.7 Å². The highest BCUT2D eigenvalue weighted by Gasteiger charge is 2.39. The number of halogens is 4. The van der Waals surface area contributed by atoms with E-state index in [1.807, 2.05) is 0 Å². The lowest BCUT2D eigenvalue weighted by Gasteiger charge is -2.15. The maximum atomic E-state index is 12.7. The number of alkyl halides is 3. The molecule has 1 aromatic carbocycles. The van der Waals surface area contributed by atoms with E-state index in [-0.39, 0.29) is 4.47 Å². The maximum absolute atomic E-state index is 12.7. The molecule has 2 N–H and O–H groups in total. The van der Waals surface area contributed by atoms with Gasteiger partial charge in [0.1, 0.15) is 11.3 Å². The van der Waals surface area contributed by atoms with Gasteiger partial charge in [0.2, 0.25) is 0 Å². The number of methoxy groups -OCH3 is 1. The predicted molar refractivity (Wildman–Crippen MR) is 54.2 cm³/mol. The van der Waals surface area contributed by atoms with Gasteiger partial charge in [-0.1, -0.05) is 0 Å². The molecule has 1 amide bonds. The van der Waals surface area contributed by atoms with Crippen molar-refractivity contribution in [3.05, 3.63) is 27.7 Å². The maximum Gasteiger partial charge on any atom is 0.420 e. The van der Waals surface area contributed by atoms with Crippen molar-refractivity contribution in [2.75, 3.05) is 7.11 Å². The summed E-state index contributed by atoms with van der Waals surface area (Å²) >= 11 is 2.85. The van der Waals surface area contributed by atoms with E-state index >= 15 is 0 Å². The standard InChI is InChI=1S/C9H7BrF3NO2/c1-16-5-3-2-4(10)6(8(14)15)7(5)9(11,12)13/h2-3H,1H3,(H2,14,15). The lowest BCUT2D eigenvalue weighted by molar-refractivity contribution is -0.139. The molecule has 0 bridgehead atoms. The minimum absolute atomic E-state index is 0.0203. The van der Waals surface area contributed by atoms with E-state index in [2.05, 4.69) is 20.7 Å². The van der Waals surface area contributed by atoms with Crippen LogP contribution in [0.4, 0.5) is 13.2 Å². The second kappa shape index (κ2) is 4.32. The van der Waals surface area contributed by atoms with Crippen molar-refractivity contribution in [1.29, 1.82) is 0 Å². The van der Waals surface area contributed by atoms with Crippen LogP contribution in [-0.4, -0.2) is 13.0 Å². The fourth-order valence-electron chi connectivity index (χ4n) is 1.25. The molecule has 0 spiro atoms. The lowest BCUT2D eigenvalue weighted by atomic mass is 10.1. The number of benzene rings is 1. The minimum Gasteiger partial charge on any atom is -0.496 e. The number of carbonyl (C=O) groups is 1. The molecule has 88 valence electrons. The summed E-state index contributed by atoms with van der Waals surface area (Å²) in [5.41, 5.74) is 3.11. The second-order valence-electron chi connectivity index (χ2n) is 2.86. The van der Waals surface area contributed by atoms with Gasteiger partial charge in [-0.15, -0.1) is 0 Å². The molecule has 0 fully saturated rings. The van der Waals surface area contributed by atoms with Crippen LogP contribution in [0.15, 0.2) is 16.6 Å². The number of amides is 1. The Morgan fingerprint density at radius 2 is 2.00 bits per heavy atom. The number of ether oxygens (including phenoxy) is 1. The van der Waals surface area contributed by atoms with E-state index in [4.69, 9.17) is 5.73 Å². The summed E-state index contributed by atoms with van der Waals surface area (Å²) in [5, 5.41) is 0. The van der Waals surface area contributed by atoms with E-state index in [9.17, 15) is 18.0 Å². The Morgan fingerprint density at radius 1 is 1.44 bits per heavy atom. The Labute approximate surface area is 97.5 Å². The van der Waals surface area contributed by atoms with E-state index in [1.54, 1.807) is 0 Å². The Morgan fingerprint density at radius 3 is 2.38 bits per heavy atom. The summed E-state index contributed by atoms with van der Waals surface area (Å²) in [7, 11) is 1.09. The Hall–Kier alpha value is -1.24. The van der Waals surface area contributed by atoms with Gasteiger partial charge in [0.25, 0.3) is 5.91 Å². The summed E-state index contributed by atoms with van der Waals surface area (Å²) < 4.78 is 42.7. The smallest absolute Gasteiger partial charge is 0.420 e. The molecule has 0 aromatic heterocycles. The van der Waals surface area contributed by atoms with Crippen LogP contribution < -0.4 is 10.5 Å². The molecule has 3 nitrogen and oxygen atoms in total. The van der Waals surface area contributed by atoms with Gasteiger partial charge in [-0.3, -0.25) is 4.79 Å². The topological polar surface area (TPSA) is 52.3 Å². The van der Waals surface area contributed by atoms with Crippen molar-refractivity contribution in [2.24, 2.45) is 5.73 Å². The predicted octanol–water partition coefficient (Wildman–Crippen LogP) is 2.58. The molecule has 0 radical (unpaired) electrons. The van der Waals surface area contributed by atoms with E-state index in [0.29, 0.717) is 0 Å². The number of rotatable bonds is 2. The minimum atomic E-state index is -4.71. The van der Waals surface area contributed by atoms with Gasteiger partial charge in [0.15, 0.2) is 0 Å². The summed E-state index contributed by atoms with van der Waals surface area (Å²) in [5.74, 6) is -1.61. The third kappa shape index (κ3) is 2.29. The normalized spacial score (nSPS) is 11.3. The zero-order valence-corrected chi connectivity index (χ0v) is 9.65. The number of carbonyl (C=O) groups excluding carboxylic acids is 1. The van der Waals surface area contributed by atoms with Crippen molar-refractivity contribution < 1.29 is 22.7 Å². The SMILES string of the molecule is COc1ccc(Br)c(C(N)=O)c1C(F)(F)F. The summed E-state index contributed by atoms with van der Waals surface area (Å²) in [6.07, 6.45) is -4.71. The summed E-state index contributed by atoms with van der Waals surface area (Å²) in [6, 6.07) is 2.38. The number of nitrogens with two attached hydrogens (primary N) is 1. The molecule has 0 aliphatic rings. The molecule has 0 heterocycles. The van der Waals surface area contributed by atoms with Gasteiger partial charge in [-0.2, -0.15) is 13.2 Å². The molecular formula is C9H7BrF3NO2. The van der Waals surface area contributed by atoms with Crippen LogP contribution in [0.2, 0.25) is 0 Å².